The first-order valence-electron chi connectivity index (χ1n) is 8.15. The van der Waals surface area contributed by atoms with E-state index in [1.165, 1.54) is 0 Å². The van der Waals surface area contributed by atoms with Crippen LogP contribution >= 0.6 is 0 Å². The molecule has 0 aromatic heterocycles. The van der Waals surface area contributed by atoms with Crippen LogP contribution in [0.2, 0.25) is 0 Å². The van der Waals surface area contributed by atoms with Crippen LogP contribution in [0.25, 0.3) is 0 Å². The third-order valence-electron chi connectivity index (χ3n) is 5.69. The standard InChI is InChI=1S/C20H22O2/c21-19(17-7-3-1-4-8-17)11-15-13-20(22,14-16(15)12-19)18-9-5-2-6-10-18/h1-10,15-16,21-22H,11-14H2. The average molecular weight is 294 g/mol. The molecule has 0 saturated heterocycles. The second kappa shape index (κ2) is 4.94. The Morgan fingerprint density at radius 1 is 0.591 bits per heavy atom. The van der Waals surface area contributed by atoms with Crippen molar-refractivity contribution in [2.24, 2.45) is 11.8 Å². The largest absolute Gasteiger partial charge is 0.385 e. The van der Waals surface area contributed by atoms with Crippen LogP contribution in [-0.2, 0) is 11.2 Å². The highest BCUT2D eigenvalue weighted by Gasteiger charge is 2.54. The Labute approximate surface area is 131 Å². The lowest BCUT2D eigenvalue weighted by Crippen LogP contribution is -2.27. The number of hydrogen-bond acceptors (Lipinski definition) is 2. The average Bonchev–Trinajstić information content (AvgIpc) is 3.01. The molecule has 2 N–H and O–H groups in total. The second-order valence-electron chi connectivity index (χ2n) is 7.13. The summed E-state index contributed by atoms with van der Waals surface area (Å²) in [6.45, 7) is 0. The Balaban J connectivity index is 1.56. The topological polar surface area (TPSA) is 40.5 Å². The maximum absolute atomic E-state index is 11.0. The van der Waals surface area contributed by atoms with Crippen molar-refractivity contribution in [3.8, 4) is 0 Å². The molecule has 2 aliphatic carbocycles. The minimum absolute atomic E-state index is 0.399. The van der Waals surface area contributed by atoms with Crippen molar-refractivity contribution in [1.82, 2.24) is 0 Å². The van der Waals surface area contributed by atoms with E-state index in [1.54, 1.807) is 0 Å². The van der Waals surface area contributed by atoms with Crippen LogP contribution in [0.3, 0.4) is 0 Å². The molecule has 0 heterocycles. The summed E-state index contributed by atoms with van der Waals surface area (Å²) in [5, 5.41) is 22.1. The molecule has 2 aromatic carbocycles. The molecule has 0 spiro atoms. The van der Waals surface area contributed by atoms with Crippen LogP contribution in [-0.4, -0.2) is 10.2 Å². The molecule has 4 rings (SSSR count). The highest BCUT2D eigenvalue weighted by Crippen LogP contribution is 2.58. The normalized spacial score (nSPS) is 37.2. The highest BCUT2D eigenvalue weighted by atomic mass is 16.3. The molecule has 2 fully saturated rings. The van der Waals surface area contributed by atoms with Gasteiger partial charge in [0.1, 0.15) is 0 Å². The number of benzene rings is 2. The van der Waals surface area contributed by atoms with Gasteiger partial charge >= 0.3 is 0 Å². The van der Waals surface area contributed by atoms with E-state index in [4.69, 9.17) is 0 Å². The van der Waals surface area contributed by atoms with Gasteiger partial charge in [-0.1, -0.05) is 60.7 Å². The number of hydrogen-bond donors (Lipinski definition) is 2. The van der Waals surface area contributed by atoms with Gasteiger partial charge in [0.05, 0.1) is 11.2 Å². The zero-order chi connectivity index (χ0) is 15.2. The van der Waals surface area contributed by atoms with Crippen molar-refractivity contribution >= 4 is 0 Å². The molecule has 22 heavy (non-hydrogen) atoms. The summed E-state index contributed by atoms with van der Waals surface area (Å²) in [5.74, 6) is 0.797. The molecular formula is C20H22O2. The molecule has 0 radical (unpaired) electrons. The molecule has 0 atom stereocenters. The van der Waals surface area contributed by atoms with Gasteiger partial charge in [0.15, 0.2) is 0 Å². The first kappa shape index (κ1) is 14.0. The van der Waals surface area contributed by atoms with Crippen LogP contribution in [0.5, 0.6) is 0 Å². The monoisotopic (exact) mass is 294 g/mol. The van der Waals surface area contributed by atoms with E-state index in [0.29, 0.717) is 11.8 Å². The van der Waals surface area contributed by atoms with Crippen LogP contribution in [0.15, 0.2) is 60.7 Å². The lowest BCUT2D eigenvalue weighted by atomic mass is 9.84. The molecule has 0 aliphatic heterocycles. The summed E-state index contributed by atoms with van der Waals surface area (Å²) >= 11 is 0. The number of fused-ring (bicyclic) bond motifs is 1. The minimum Gasteiger partial charge on any atom is -0.385 e. The minimum atomic E-state index is -0.714. The summed E-state index contributed by atoms with van der Waals surface area (Å²) in [4.78, 5) is 0. The summed E-state index contributed by atoms with van der Waals surface area (Å²) < 4.78 is 0. The van der Waals surface area contributed by atoms with E-state index >= 15 is 0 Å². The third kappa shape index (κ3) is 2.18. The molecule has 0 unspecified atom stereocenters. The summed E-state index contributed by atoms with van der Waals surface area (Å²) in [5.41, 5.74) is 0.615. The van der Waals surface area contributed by atoms with Crippen molar-refractivity contribution in [3.63, 3.8) is 0 Å². The summed E-state index contributed by atoms with van der Waals surface area (Å²) in [6.07, 6.45) is 3.04. The molecule has 2 aromatic rings. The Kier molecular flexibility index (Phi) is 3.14. The van der Waals surface area contributed by atoms with Gasteiger partial charge in [0.2, 0.25) is 0 Å². The first-order chi connectivity index (χ1) is 10.6. The molecule has 114 valence electrons. The number of rotatable bonds is 2. The van der Waals surface area contributed by atoms with Crippen LogP contribution < -0.4 is 0 Å². The Morgan fingerprint density at radius 3 is 1.23 bits per heavy atom. The van der Waals surface area contributed by atoms with Crippen molar-refractivity contribution in [1.29, 1.82) is 0 Å². The van der Waals surface area contributed by atoms with Gasteiger partial charge < -0.3 is 10.2 Å². The van der Waals surface area contributed by atoms with Gasteiger partial charge in [-0.3, -0.25) is 0 Å². The Morgan fingerprint density at radius 2 is 0.909 bits per heavy atom. The lowest BCUT2D eigenvalue weighted by molar-refractivity contribution is 0.000438. The fourth-order valence-electron chi connectivity index (χ4n) is 4.68. The van der Waals surface area contributed by atoms with Crippen LogP contribution in [0.4, 0.5) is 0 Å². The summed E-state index contributed by atoms with van der Waals surface area (Å²) in [7, 11) is 0. The molecule has 2 heteroatoms. The van der Waals surface area contributed by atoms with Gasteiger partial charge in [-0.05, 0) is 48.6 Å². The van der Waals surface area contributed by atoms with Gasteiger partial charge in [0, 0.05) is 0 Å². The molecule has 0 bridgehead atoms. The zero-order valence-corrected chi connectivity index (χ0v) is 12.7. The van der Waals surface area contributed by atoms with E-state index in [0.717, 1.165) is 36.8 Å². The first-order valence-corrected chi connectivity index (χ1v) is 8.15. The zero-order valence-electron chi connectivity index (χ0n) is 12.7. The SMILES string of the molecule is OC1(c2ccccc2)CC2CC(O)(c3ccccc3)CC2C1. The quantitative estimate of drug-likeness (QED) is 0.888. The smallest absolute Gasteiger partial charge is 0.0902 e. The maximum atomic E-state index is 11.0. The molecule has 2 saturated carbocycles. The Hall–Kier alpha value is -1.64. The van der Waals surface area contributed by atoms with Gasteiger partial charge in [-0.25, -0.2) is 0 Å². The fraction of sp³-hybridized carbons (Fsp3) is 0.400. The number of aliphatic hydroxyl groups is 2. The summed E-state index contributed by atoms with van der Waals surface area (Å²) in [6, 6.07) is 20.0. The Bertz CT molecular complexity index is 578. The fourth-order valence-corrected chi connectivity index (χ4v) is 4.68. The van der Waals surface area contributed by atoms with Crippen molar-refractivity contribution in [3.05, 3.63) is 71.8 Å². The van der Waals surface area contributed by atoms with Crippen molar-refractivity contribution in [2.75, 3.05) is 0 Å². The van der Waals surface area contributed by atoms with Crippen molar-refractivity contribution in [2.45, 2.75) is 36.9 Å². The predicted molar refractivity (Wildman–Crippen MR) is 86.1 cm³/mol. The maximum Gasteiger partial charge on any atom is 0.0902 e. The van der Waals surface area contributed by atoms with Gasteiger partial charge in [-0.2, -0.15) is 0 Å². The van der Waals surface area contributed by atoms with E-state index in [1.807, 2.05) is 60.7 Å². The van der Waals surface area contributed by atoms with Crippen molar-refractivity contribution < 1.29 is 10.2 Å². The van der Waals surface area contributed by atoms with Gasteiger partial charge in [0.25, 0.3) is 0 Å². The predicted octanol–water partition coefficient (Wildman–Crippen LogP) is 3.58. The highest BCUT2D eigenvalue weighted by molar-refractivity contribution is 5.28. The lowest BCUT2D eigenvalue weighted by Gasteiger charge is -2.29. The van der Waals surface area contributed by atoms with Crippen LogP contribution in [0.1, 0.15) is 36.8 Å². The molecule has 0 amide bonds. The van der Waals surface area contributed by atoms with Gasteiger partial charge in [-0.15, -0.1) is 0 Å². The van der Waals surface area contributed by atoms with E-state index in [2.05, 4.69) is 0 Å². The third-order valence-corrected chi connectivity index (χ3v) is 5.69. The second-order valence-corrected chi connectivity index (χ2v) is 7.13. The molecule has 2 nitrogen and oxygen atoms in total. The van der Waals surface area contributed by atoms with E-state index in [-0.39, 0.29) is 0 Å². The van der Waals surface area contributed by atoms with Crippen LogP contribution in [0, 0.1) is 11.8 Å². The van der Waals surface area contributed by atoms with E-state index in [9.17, 15) is 10.2 Å². The molecule has 2 aliphatic rings. The molecular weight excluding hydrogens is 272 g/mol. The van der Waals surface area contributed by atoms with E-state index < -0.39 is 11.2 Å².